The third kappa shape index (κ3) is 5.99. The van der Waals surface area contributed by atoms with Crippen molar-refractivity contribution in [3.63, 3.8) is 0 Å². The number of rotatable bonds is 8. The van der Waals surface area contributed by atoms with Crippen LogP contribution in [0.15, 0.2) is 34.2 Å². The summed E-state index contributed by atoms with van der Waals surface area (Å²) < 4.78 is 5.79. The minimum absolute atomic E-state index is 0.0241. The lowest BCUT2D eigenvalue weighted by atomic mass is 10.1. The Morgan fingerprint density at radius 1 is 1.38 bits per heavy atom. The van der Waals surface area contributed by atoms with Crippen molar-refractivity contribution >= 4 is 29.6 Å². The number of hydrazone groups is 1. The highest BCUT2D eigenvalue weighted by Crippen LogP contribution is 2.27. The SMILES string of the molecule is CNN=C(C=N)CNC(=O)Cn1c(C)nc(-c2ccc(C#N)cc2NC(=O)OC)cc1=O. The van der Waals surface area contributed by atoms with Crippen LogP contribution in [0.3, 0.4) is 0 Å². The molecule has 1 aromatic heterocycles. The second kappa shape index (κ2) is 11.0. The Hall–Kier alpha value is -4.53. The van der Waals surface area contributed by atoms with Gasteiger partial charge >= 0.3 is 6.09 Å². The zero-order valence-electron chi connectivity index (χ0n) is 17.7. The van der Waals surface area contributed by atoms with Crippen LogP contribution in [0.25, 0.3) is 11.3 Å². The average Bonchev–Trinajstić information content (AvgIpc) is 2.78. The van der Waals surface area contributed by atoms with Crippen molar-refractivity contribution in [2.45, 2.75) is 13.5 Å². The molecule has 0 aliphatic heterocycles. The number of carbonyl (C=O) groups excluding carboxylic acids is 2. The van der Waals surface area contributed by atoms with Crippen molar-refractivity contribution in [3.8, 4) is 17.3 Å². The number of methoxy groups -OCH3 is 1. The summed E-state index contributed by atoms with van der Waals surface area (Å²) in [5, 5.41) is 25.3. The molecule has 0 atom stereocenters. The van der Waals surface area contributed by atoms with Gasteiger partial charge in [0, 0.05) is 24.9 Å². The standard InChI is InChI=1S/C20H22N8O4/c1-12-25-17(15-5-4-13(8-21)6-16(15)26-20(31)32-3)7-19(30)28(12)11-18(29)24-10-14(9-22)27-23-2/h4-7,9,22-23H,10-11H2,1-3H3,(H,24,29)(H,26,31). The molecule has 0 radical (unpaired) electrons. The Labute approximate surface area is 183 Å². The molecule has 0 saturated carbocycles. The fraction of sp³-hybridized carbons (Fsp3) is 0.250. The van der Waals surface area contributed by atoms with E-state index in [0.29, 0.717) is 16.8 Å². The number of hydrogen-bond donors (Lipinski definition) is 4. The summed E-state index contributed by atoms with van der Waals surface area (Å²) in [6.07, 6.45) is 0.261. The molecule has 2 rings (SSSR count). The Kier molecular flexibility index (Phi) is 8.18. The van der Waals surface area contributed by atoms with Gasteiger partial charge in [-0.1, -0.05) is 0 Å². The van der Waals surface area contributed by atoms with E-state index in [0.717, 1.165) is 6.21 Å². The third-order valence-corrected chi connectivity index (χ3v) is 4.24. The van der Waals surface area contributed by atoms with E-state index in [4.69, 9.17) is 10.7 Å². The number of nitrogens with one attached hydrogen (secondary N) is 4. The summed E-state index contributed by atoms with van der Waals surface area (Å²) in [5.74, 6) is -0.186. The van der Waals surface area contributed by atoms with E-state index in [1.54, 1.807) is 20.0 Å². The van der Waals surface area contributed by atoms with E-state index in [2.05, 4.69) is 30.9 Å². The summed E-state index contributed by atoms with van der Waals surface area (Å²) in [7, 11) is 2.77. The summed E-state index contributed by atoms with van der Waals surface area (Å²) >= 11 is 0. The lowest BCUT2D eigenvalue weighted by Gasteiger charge is -2.14. The molecule has 0 saturated heterocycles. The largest absolute Gasteiger partial charge is 0.453 e. The molecule has 1 aromatic carbocycles. The first-order chi connectivity index (χ1) is 15.3. The van der Waals surface area contributed by atoms with Gasteiger partial charge in [0.05, 0.1) is 42.4 Å². The molecule has 0 fully saturated rings. The minimum atomic E-state index is -0.741. The average molecular weight is 438 g/mol. The van der Waals surface area contributed by atoms with Gasteiger partial charge in [-0.2, -0.15) is 10.4 Å². The summed E-state index contributed by atoms with van der Waals surface area (Å²) in [5.41, 5.74) is 3.57. The quantitative estimate of drug-likeness (QED) is 0.345. The van der Waals surface area contributed by atoms with Crippen molar-refractivity contribution in [1.29, 1.82) is 10.7 Å². The zero-order chi connectivity index (χ0) is 23.7. The zero-order valence-corrected chi connectivity index (χ0v) is 17.7. The van der Waals surface area contributed by atoms with E-state index >= 15 is 0 Å². The predicted octanol–water partition coefficient (Wildman–Crippen LogP) is 0.610. The van der Waals surface area contributed by atoms with Gasteiger partial charge in [0.1, 0.15) is 12.4 Å². The summed E-state index contributed by atoms with van der Waals surface area (Å²) in [4.78, 5) is 41.0. The Bertz CT molecular complexity index is 1160. The van der Waals surface area contributed by atoms with Crippen LogP contribution in [0.1, 0.15) is 11.4 Å². The van der Waals surface area contributed by atoms with Gasteiger partial charge in [-0.15, -0.1) is 0 Å². The number of aromatic nitrogens is 2. The maximum absolute atomic E-state index is 12.7. The summed E-state index contributed by atoms with van der Waals surface area (Å²) in [6.45, 7) is 1.32. The van der Waals surface area contributed by atoms with E-state index in [1.807, 2.05) is 6.07 Å². The summed E-state index contributed by atoms with van der Waals surface area (Å²) in [6, 6.07) is 7.73. The highest BCUT2D eigenvalue weighted by molar-refractivity contribution is 6.30. The monoisotopic (exact) mass is 438 g/mol. The normalized spacial score (nSPS) is 10.6. The topological polar surface area (TPSA) is 174 Å². The van der Waals surface area contributed by atoms with Crippen LogP contribution >= 0.6 is 0 Å². The third-order valence-electron chi connectivity index (χ3n) is 4.24. The number of anilines is 1. The van der Waals surface area contributed by atoms with Gasteiger partial charge in [-0.25, -0.2) is 9.78 Å². The molecule has 1 heterocycles. The molecule has 0 unspecified atom stereocenters. The number of nitriles is 1. The fourth-order valence-electron chi connectivity index (χ4n) is 2.71. The number of amides is 2. The number of aryl methyl sites for hydroxylation is 1. The molecule has 12 nitrogen and oxygen atoms in total. The Morgan fingerprint density at radius 2 is 2.12 bits per heavy atom. The molecule has 0 aliphatic rings. The van der Waals surface area contributed by atoms with Crippen LogP contribution in [-0.2, 0) is 16.1 Å². The Balaban J connectivity index is 2.32. The second-order valence-electron chi connectivity index (χ2n) is 6.35. The van der Waals surface area contributed by atoms with Crippen LogP contribution in [0.4, 0.5) is 10.5 Å². The Morgan fingerprint density at radius 3 is 2.72 bits per heavy atom. The van der Waals surface area contributed by atoms with Crippen molar-refractivity contribution in [2.75, 3.05) is 26.0 Å². The number of ether oxygens (including phenoxy) is 1. The highest BCUT2D eigenvalue weighted by Gasteiger charge is 2.15. The lowest BCUT2D eigenvalue weighted by Crippen LogP contribution is -2.36. The van der Waals surface area contributed by atoms with Crippen molar-refractivity contribution < 1.29 is 14.3 Å². The second-order valence-corrected chi connectivity index (χ2v) is 6.35. The van der Waals surface area contributed by atoms with E-state index in [-0.39, 0.29) is 30.3 Å². The van der Waals surface area contributed by atoms with Crippen molar-refractivity contribution in [1.82, 2.24) is 20.3 Å². The van der Waals surface area contributed by atoms with Gasteiger partial charge in [-0.05, 0) is 25.1 Å². The molecule has 166 valence electrons. The molecule has 2 amide bonds. The van der Waals surface area contributed by atoms with Crippen LogP contribution in [0.5, 0.6) is 0 Å². The first kappa shape index (κ1) is 23.7. The molecule has 32 heavy (non-hydrogen) atoms. The van der Waals surface area contributed by atoms with E-state index in [9.17, 15) is 14.4 Å². The number of nitrogens with zero attached hydrogens (tertiary/aromatic N) is 4. The highest BCUT2D eigenvalue weighted by atomic mass is 16.5. The van der Waals surface area contributed by atoms with Crippen LogP contribution in [0, 0.1) is 23.7 Å². The van der Waals surface area contributed by atoms with Crippen LogP contribution in [-0.4, -0.2) is 54.2 Å². The molecule has 2 aromatic rings. The van der Waals surface area contributed by atoms with Gasteiger partial charge in [0.2, 0.25) is 5.91 Å². The van der Waals surface area contributed by atoms with Crippen molar-refractivity contribution in [2.24, 2.45) is 5.10 Å². The van der Waals surface area contributed by atoms with Crippen molar-refractivity contribution in [3.05, 3.63) is 46.0 Å². The first-order valence-corrected chi connectivity index (χ1v) is 9.31. The molecule has 4 N–H and O–H groups in total. The molecule has 0 spiro atoms. The fourth-order valence-corrected chi connectivity index (χ4v) is 2.71. The van der Waals surface area contributed by atoms with Crippen LogP contribution < -0.4 is 21.6 Å². The van der Waals surface area contributed by atoms with Gasteiger partial charge < -0.3 is 20.9 Å². The number of benzene rings is 1. The molecule has 0 bridgehead atoms. The maximum atomic E-state index is 12.7. The number of hydrogen-bond acceptors (Lipinski definition) is 9. The van der Waals surface area contributed by atoms with E-state index in [1.165, 1.54) is 29.9 Å². The van der Waals surface area contributed by atoms with E-state index < -0.39 is 17.6 Å². The molecular weight excluding hydrogens is 416 g/mol. The minimum Gasteiger partial charge on any atom is -0.453 e. The van der Waals surface area contributed by atoms with Gasteiger partial charge in [0.25, 0.3) is 5.56 Å². The first-order valence-electron chi connectivity index (χ1n) is 9.31. The molecular formula is C20H22N8O4. The smallest absolute Gasteiger partial charge is 0.411 e. The lowest BCUT2D eigenvalue weighted by molar-refractivity contribution is -0.121. The molecule has 12 heteroatoms. The van der Waals surface area contributed by atoms with Gasteiger partial charge in [-0.3, -0.25) is 19.5 Å². The van der Waals surface area contributed by atoms with Gasteiger partial charge in [0.15, 0.2) is 0 Å². The maximum Gasteiger partial charge on any atom is 0.411 e. The molecule has 0 aliphatic carbocycles. The predicted molar refractivity (Wildman–Crippen MR) is 118 cm³/mol. The number of carbonyl (C=O) groups is 2. The van der Waals surface area contributed by atoms with Crippen LogP contribution in [0.2, 0.25) is 0 Å².